The third kappa shape index (κ3) is 3.97. The van der Waals surface area contributed by atoms with Gasteiger partial charge in [-0.1, -0.05) is 12.1 Å². The SMILES string of the molecule is COc1cc(CC(=O)N[C@]2(C)CCS(=O)(=O)C2)ccc1C. The Labute approximate surface area is 125 Å². The quantitative estimate of drug-likeness (QED) is 0.908. The summed E-state index contributed by atoms with van der Waals surface area (Å²) in [5, 5.41) is 2.85. The highest BCUT2D eigenvalue weighted by Gasteiger charge is 2.39. The Bertz CT molecular complexity index is 654. The average Bonchev–Trinajstić information content (AvgIpc) is 2.65. The van der Waals surface area contributed by atoms with Gasteiger partial charge in [-0.25, -0.2) is 8.42 Å². The number of hydrogen-bond acceptors (Lipinski definition) is 4. The maximum absolute atomic E-state index is 12.1. The van der Waals surface area contributed by atoms with Crippen LogP contribution in [0.5, 0.6) is 5.75 Å². The van der Waals surface area contributed by atoms with Gasteiger partial charge in [0.2, 0.25) is 5.91 Å². The normalized spacial score (nSPS) is 23.8. The van der Waals surface area contributed by atoms with Crippen LogP contribution in [0.4, 0.5) is 0 Å². The van der Waals surface area contributed by atoms with Gasteiger partial charge in [0.05, 0.1) is 30.6 Å². The van der Waals surface area contributed by atoms with Crippen molar-refractivity contribution in [1.29, 1.82) is 0 Å². The zero-order valence-electron chi connectivity index (χ0n) is 12.6. The van der Waals surface area contributed by atoms with Crippen LogP contribution in [0.25, 0.3) is 0 Å². The van der Waals surface area contributed by atoms with Gasteiger partial charge in [0, 0.05) is 0 Å². The Hall–Kier alpha value is -1.56. The van der Waals surface area contributed by atoms with E-state index in [1.165, 1.54) is 0 Å². The van der Waals surface area contributed by atoms with E-state index in [4.69, 9.17) is 4.74 Å². The van der Waals surface area contributed by atoms with Gasteiger partial charge in [-0.15, -0.1) is 0 Å². The Balaban J connectivity index is 2.02. The summed E-state index contributed by atoms with van der Waals surface area (Å²) in [5.41, 5.74) is 1.21. The smallest absolute Gasteiger partial charge is 0.224 e. The van der Waals surface area contributed by atoms with Gasteiger partial charge in [0.25, 0.3) is 0 Å². The molecule has 2 rings (SSSR count). The summed E-state index contributed by atoms with van der Waals surface area (Å²) in [5.74, 6) is 0.737. The summed E-state index contributed by atoms with van der Waals surface area (Å²) in [6.45, 7) is 3.72. The molecule has 1 heterocycles. The van der Waals surface area contributed by atoms with Crippen LogP contribution < -0.4 is 10.1 Å². The largest absolute Gasteiger partial charge is 0.496 e. The van der Waals surface area contributed by atoms with E-state index < -0.39 is 15.4 Å². The first-order chi connectivity index (χ1) is 9.73. The van der Waals surface area contributed by atoms with Gasteiger partial charge in [-0.05, 0) is 37.5 Å². The number of benzene rings is 1. The minimum atomic E-state index is -3.02. The van der Waals surface area contributed by atoms with Gasteiger partial charge in [-0.3, -0.25) is 4.79 Å². The van der Waals surface area contributed by atoms with Crippen LogP contribution in [-0.2, 0) is 21.1 Å². The zero-order valence-corrected chi connectivity index (χ0v) is 13.4. The number of nitrogens with one attached hydrogen (secondary N) is 1. The van der Waals surface area contributed by atoms with Crippen LogP contribution in [0, 0.1) is 6.92 Å². The van der Waals surface area contributed by atoms with E-state index in [2.05, 4.69) is 5.32 Å². The molecule has 6 heteroatoms. The fourth-order valence-electron chi connectivity index (χ4n) is 2.65. The lowest BCUT2D eigenvalue weighted by atomic mass is 10.0. The molecule has 0 bridgehead atoms. The summed E-state index contributed by atoms with van der Waals surface area (Å²) in [4.78, 5) is 12.1. The number of rotatable bonds is 4. The van der Waals surface area contributed by atoms with Crippen molar-refractivity contribution in [2.24, 2.45) is 0 Å². The fraction of sp³-hybridized carbons (Fsp3) is 0.533. The van der Waals surface area contributed by atoms with Crippen molar-refractivity contribution in [2.45, 2.75) is 32.2 Å². The minimum absolute atomic E-state index is 0.0168. The van der Waals surface area contributed by atoms with Gasteiger partial charge >= 0.3 is 0 Å². The number of carbonyl (C=O) groups excluding carboxylic acids is 1. The lowest BCUT2D eigenvalue weighted by Gasteiger charge is -2.24. The highest BCUT2D eigenvalue weighted by atomic mass is 32.2. The number of sulfone groups is 1. The first kappa shape index (κ1) is 15.8. The van der Waals surface area contributed by atoms with Gasteiger partial charge < -0.3 is 10.1 Å². The number of ether oxygens (including phenoxy) is 1. The first-order valence-corrected chi connectivity index (χ1v) is 8.70. The third-order valence-electron chi connectivity index (χ3n) is 3.78. The Morgan fingerprint density at radius 1 is 1.43 bits per heavy atom. The van der Waals surface area contributed by atoms with Crippen LogP contribution in [0.1, 0.15) is 24.5 Å². The summed E-state index contributed by atoms with van der Waals surface area (Å²) in [6, 6.07) is 5.62. The average molecular weight is 311 g/mol. The maximum Gasteiger partial charge on any atom is 0.224 e. The van der Waals surface area contributed by atoms with Crippen LogP contribution in [0.15, 0.2) is 18.2 Å². The molecule has 1 saturated heterocycles. The standard InChI is InChI=1S/C15H21NO4S/c1-11-4-5-12(8-13(11)20-3)9-14(17)16-15(2)6-7-21(18,19)10-15/h4-5,8H,6-7,9-10H2,1-3H3,(H,16,17)/t15-/m1/s1. The minimum Gasteiger partial charge on any atom is -0.496 e. The molecule has 1 amide bonds. The Kier molecular flexibility index (Phi) is 4.27. The van der Waals surface area contributed by atoms with E-state index >= 15 is 0 Å². The second-order valence-electron chi connectivity index (χ2n) is 5.93. The van der Waals surface area contributed by atoms with Crippen LogP contribution in [0.3, 0.4) is 0 Å². The lowest BCUT2D eigenvalue weighted by Crippen LogP contribution is -2.47. The molecule has 0 unspecified atom stereocenters. The molecule has 0 spiro atoms. The summed E-state index contributed by atoms with van der Waals surface area (Å²) in [7, 11) is -1.43. The zero-order chi connectivity index (χ0) is 15.7. The molecule has 1 N–H and O–H groups in total. The van der Waals surface area contributed by atoms with E-state index in [0.29, 0.717) is 6.42 Å². The number of methoxy groups -OCH3 is 1. The second kappa shape index (κ2) is 5.67. The van der Waals surface area contributed by atoms with E-state index in [-0.39, 0.29) is 23.8 Å². The van der Waals surface area contributed by atoms with Crippen molar-refractivity contribution in [3.8, 4) is 5.75 Å². The highest BCUT2D eigenvalue weighted by Crippen LogP contribution is 2.23. The molecule has 1 fully saturated rings. The van der Waals surface area contributed by atoms with Gasteiger partial charge in [-0.2, -0.15) is 0 Å². The van der Waals surface area contributed by atoms with Crippen molar-refractivity contribution in [1.82, 2.24) is 5.32 Å². The van der Waals surface area contributed by atoms with Crippen LogP contribution in [0.2, 0.25) is 0 Å². The fourth-order valence-corrected chi connectivity index (χ4v) is 4.74. The second-order valence-corrected chi connectivity index (χ2v) is 8.12. The molecule has 0 aliphatic carbocycles. The van der Waals surface area contributed by atoms with Crippen molar-refractivity contribution >= 4 is 15.7 Å². The van der Waals surface area contributed by atoms with E-state index in [0.717, 1.165) is 16.9 Å². The molecule has 1 aliphatic heterocycles. The molecule has 0 aromatic heterocycles. The predicted molar refractivity (Wildman–Crippen MR) is 81.3 cm³/mol. The lowest BCUT2D eigenvalue weighted by molar-refractivity contribution is -0.121. The molecular weight excluding hydrogens is 290 g/mol. The summed E-state index contributed by atoms with van der Waals surface area (Å²) in [6.07, 6.45) is 0.685. The molecule has 116 valence electrons. The molecule has 21 heavy (non-hydrogen) atoms. The molecule has 1 atom stereocenters. The molecule has 5 nitrogen and oxygen atoms in total. The molecule has 1 aromatic carbocycles. The first-order valence-electron chi connectivity index (χ1n) is 6.88. The number of aryl methyl sites for hydroxylation is 1. The number of carbonyl (C=O) groups is 1. The van der Waals surface area contributed by atoms with E-state index in [1.54, 1.807) is 14.0 Å². The summed E-state index contributed by atoms with van der Waals surface area (Å²) < 4.78 is 28.3. The molecule has 1 aliphatic rings. The summed E-state index contributed by atoms with van der Waals surface area (Å²) >= 11 is 0. The maximum atomic E-state index is 12.1. The number of amides is 1. The van der Waals surface area contributed by atoms with Crippen LogP contribution in [-0.4, -0.2) is 38.5 Å². The van der Waals surface area contributed by atoms with E-state index in [9.17, 15) is 13.2 Å². The molecular formula is C15H21NO4S. The molecule has 1 aromatic rings. The number of hydrogen-bond donors (Lipinski definition) is 1. The molecule has 0 saturated carbocycles. The van der Waals surface area contributed by atoms with Crippen molar-refractivity contribution in [3.63, 3.8) is 0 Å². The van der Waals surface area contributed by atoms with Gasteiger partial charge in [0.15, 0.2) is 9.84 Å². The Morgan fingerprint density at radius 3 is 2.71 bits per heavy atom. The predicted octanol–water partition coefficient (Wildman–Crippen LogP) is 1.24. The van der Waals surface area contributed by atoms with E-state index in [1.807, 2.05) is 25.1 Å². The van der Waals surface area contributed by atoms with Crippen LogP contribution >= 0.6 is 0 Å². The van der Waals surface area contributed by atoms with Crippen molar-refractivity contribution in [3.05, 3.63) is 29.3 Å². The molecule has 0 radical (unpaired) electrons. The topological polar surface area (TPSA) is 72.5 Å². The van der Waals surface area contributed by atoms with Crippen molar-refractivity contribution < 1.29 is 17.9 Å². The Morgan fingerprint density at radius 2 is 2.14 bits per heavy atom. The van der Waals surface area contributed by atoms with Crippen molar-refractivity contribution in [2.75, 3.05) is 18.6 Å². The third-order valence-corrected chi connectivity index (χ3v) is 5.68. The highest BCUT2D eigenvalue weighted by molar-refractivity contribution is 7.91. The monoisotopic (exact) mass is 311 g/mol. The van der Waals surface area contributed by atoms with Gasteiger partial charge in [0.1, 0.15) is 5.75 Å².